The maximum Gasteiger partial charge on any atom is 0.272 e. The summed E-state index contributed by atoms with van der Waals surface area (Å²) in [5, 5.41) is 10.6. The monoisotopic (exact) mass is 273 g/mol. The average Bonchev–Trinajstić information content (AvgIpc) is 2.27. The van der Waals surface area contributed by atoms with Crippen LogP contribution in [0.25, 0.3) is 0 Å². The number of sulfonamides is 1. The van der Waals surface area contributed by atoms with Crippen LogP contribution >= 0.6 is 0 Å². The second-order valence-electron chi connectivity index (χ2n) is 3.96. The number of hydrogen-bond donors (Lipinski definition) is 2. The molecule has 0 aliphatic rings. The van der Waals surface area contributed by atoms with Gasteiger partial charge in [0.05, 0.1) is 9.82 Å². The van der Waals surface area contributed by atoms with Crippen LogP contribution in [0.1, 0.15) is 12.5 Å². The molecule has 0 aliphatic heterocycles. The Morgan fingerprint density at radius 1 is 1.50 bits per heavy atom. The third-order valence-corrected chi connectivity index (χ3v) is 3.97. The molecule has 8 heteroatoms. The van der Waals surface area contributed by atoms with E-state index < -0.39 is 21.0 Å². The van der Waals surface area contributed by atoms with Crippen LogP contribution in [-0.2, 0) is 10.0 Å². The van der Waals surface area contributed by atoms with Crippen LogP contribution in [-0.4, -0.2) is 25.9 Å². The normalized spacial score (nSPS) is 13.3. The van der Waals surface area contributed by atoms with Crippen molar-refractivity contribution in [2.45, 2.75) is 24.8 Å². The Morgan fingerprint density at radius 2 is 2.11 bits per heavy atom. The molecule has 0 unspecified atom stereocenters. The Labute approximate surface area is 105 Å². The minimum absolute atomic E-state index is 0.00843. The Hall–Kier alpha value is -1.51. The Bertz CT molecular complexity index is 556. The molecule has 0 amide bonds. The van der Waals surface area contributed by atoms with E-state index in [-0.39, 0.29) is 17.1 Å². The van der Waals surface area contributed by atoms with Crippen molar-refractivity contribution in [3.63, 3.8) is 0 Å². The lowest BCUT2D eigenvalue weighted by molar-refractivity contribution is -0.385. The van der Waals surface area contributed by atoms with Crippen molar-refractivity contribution in [3.05, 3.63) is 33.9 Å². The van der Waals surface area contributed by atoms with Crippen LogP contribution < -0.4 is 10.5 Å². The number of nitro benzene ring substituents is 1. The van der Waals surface area contributed by atoms with Crippen LogP contribution in [0.3, 0.4) is 0 Å². The Balaban J connectivity index is 3.12. The fourth-order valence-corrected chi connectivity index (χ4v) is 2.72. The van der Waals surface area contributed by atoms with Crippen LogP contribution in [0.4, 0.5) is 5.69 Å². The lowest BCUT2D eigenvalue weighted by Crippen LogP contribution is -2.37. The number of aryl methyl sites for hydroxylation is 1. The smallest absolute Gasteiger partial charge is 0.272 e. The van der Waals surface area contributed by atoms with Crippen molar-refractivity contribution >= 4 is 15.7 Å². The van der Waals surface area contributed by atoms with Gasteiger partial charge in [-0.25, -0.2) is 13.1 Å². The molecule has 100 valence electrons. The quantitative estimate of drug-likeness (QED) is 0.599. The molecule has 1 aromatic carbocycles. The van der Waals surface area contributed by atoms with Gasteiger partial charge in [-0.3, -0.25) is 10.1 Å². The topological polar surface area (TPSA) is 115 Å². The molecule has 3 N–H and O–H groups in total. The molecule has 0 heterocycles. The molecular formula is C10H15N3O4S. The predicted molar refractivity (Wildman–Crippen MR) is 66.7 cm³/mol. The molecule has 0 fully saturated rings. The van der Waals surface area contributed by atoms with Crippen molar-refractivity contribution < 1.29 is 13.3 Å². The molecule has 1 atom stereocenters. The first-order valence-electron chi connectivity index (χ1n) is 5.25. The zero-order chi connectivity index (χ0) is 13.9. The highest BCUT2D eigenvalue weighted by Gasteiger charge is 2.19. The minimum Gasteiger partial charge on any atom is -0.329 e. The summed E-state index contributed by atoms with van der Waals surface area (Å²) < 4.78 is 26.2. The summed E-state index contributed by atoms with van der Waals surface area (Å²) in [6.45, 7) is 3.30. The molecule has 0 spiro atoms. The first-order valence-corrected chi connectivity index (χ1v) is 6.73. The maximum atomic E-state index is 11.9. The standard InChI is InChI=1S/C10H15N3O4S/c1-7-5-9(3-4-10(7)13(14)15)18(16,17)12-8(2)6-11/h3-5,8,12H,6,11H2,1-2H3/t8-/m0/s1. The molecule has 0 radical (unpaired) electrons. The van der Waals surface area contributed by atoms with Gasteiger partial charge in [0.2, 0.25) is 10.0 Å². The average molecular weight is 273 g/mol. The molecule has 0 aromatic heterocycles. The summed E-state index contributed by atoms with van der Waals surface area (Å²) >= 11 is 0. The molecule has 1 aromatic rings. The highest BCUT2D eigenvalue weighted by atomic mass is 32.2. The lowest BCUT2D eigenvalue weighted by atomic mass is 10.2. The largest absolute Gasteiger partial charge is 0.329 e. The highest BCUT2D eigenvalue weighted by molar-refractivity contribution is 7.89. The second kappa shape index (κ2) is 5.42. The lowest BCUT2D eigenvalue weighted by Gasteiger charge is -2.12. The van der Waals surface area contributed by atoms with E-state index in [1.807, 2.05) is 0 Å². The number of nitrogens with one attached hydrogen (secondary N) is 1. The van der Waals surface area contributed by atoms with E-state index in [4.69, 9.17) is 5.73 Å². The van der Waals surface area contributed by atoms with Gasteiger partial charge in [0.1, 0.15) is 0 Å². The van der Waals surface area contributed by atoms with Gasteiger partial charge in [-0.15, -0.1) is 0 Å². The maximum absolute atomic E-state index is 11.9. The van der Waals surface area contributed by atoms with Crippen molar-refractivity contribution in [1.29, 1.82) is 0 Å². The summed E-state index contributed by atoms with van der Waals surface area (Å²) in [6, 6.07) is 3.25. The summed E-state index contributed by atoms with van der Waals surface area (Å²) in [7, 11) is -3.69. The first kappa shape index (κ1) is 14.6. The van der Waals surface area contributed by atoms with E-state index in [0.717, 1.165) is 0 Å². The fraction of sp³-hybridized carbons (Fsp3) is 0.400. The minimum atomic E-state index is -3.69. The van der Waals surface area contributed by atoms with E-state index in [0.29, 0.717) is 5.56 Å². The number of nitro groups is 1. The molecule has 7 nitrogen and oxygen atoms in total. The summed E-state index contributed by atoms with van der Waals surface area (Å²) in [4.78, 5) is 10.1. The van der Waals surface area contributed by atoms with Gasteiger partial charge in [-0.1, -0.05) is 0 Å². The van der Waals surface area contributed by atoms with Gasteiger partial charge in [0.25, 0.3) is 5.69 Å². The van der Waals surface area contributed by atoms with E-state index in [1.165, 1.54) is 25.1 Å². The molecule has 1 rings (SSSR count). The van der Waals surface area contributed by atoms with Crippen molar-refractivity contribution in [2.24, 2.45) is 5.73 Å². The molecular weight excluding hydrogens is 258 g/mol. The van der Waals surface area contributed by atoms with Gasteiger partial charge < -0.3 is 5.73 Å². The number of nitrogens with zero attached hydrogens (tertiary/aromatic N) is 1. The zero-order valence-corrected chi connectivity index (χ0v) is 10.9. The number of benzene rings is 1. The SMILES string of the molecule is Cc1cc(S(=O)(=O)N[C@@H](C)CN)ccc1[N+](=O)[O-]. The van der Waals surface area contributed by atoms with Crippen LogP contribution in [0.2, 0.25) is 0 Å². The first-order chi connectivity index (χ1) is 8.27. The Kier molecular flexibility index (Phi) is 4.38. The summed E-state index contributed by atoms with van der Waals surface area (Å²) in [6.07, 6.45) is 0. The van der Waals surface area contributed by atoms with Crippen molar-refractivity contribution in [3.8, 4) is 0 Å². The Morgan fingerprint density at radius 3 is 2.56 bits per heavy atom. The third kappa shape index (κ3) is 3.25. The van der Waals surface area contributed by atoms with Crippen LogP contribution in [0, 0.1) is 17.0 Å². The van der Waals surface area contributed by atoms with Crippen LogP contribution in [0.5, 0.6) is 0 Å². The summed E-state index contributed by atoms with van der Waals surface area (Å²) in [5.74, 6) is 0. The van der Waals surface area contributed by atoms with Gasteiger partial charge in [0.15, 0.2) is 0 Å². The van der Waals surface area contributed by atoms with E-state index in [9.17, 15) is 18.5 Å². The number of hydrogen-bond acceptors (Lipinski definition) is 5. The molecule has 0 saturated carbocycles. The molecule has 0 aliphatic carbocycles. The van der Waals surface area contributed by atoms with E-state index in [2.05, 4.69) is 4.72 Å². The van der Waals surface area contributed by atoms with Gasteiger partial charge in [-0.2, -0.15) is 0 Å². The van der Waals surface area contributed by atoms with Crippen molar-refractivity contribution in [1.82, 2.24) is 4.72 Å². The zero-order valence-electron chi connectivity index (χ0n) is 10.1. The number of rotatable bonds is 5. The summed E-state index contributed by atoms with van der Waals surface area (Å²) in [5.41, 5.74) is 5.52. The van der Waals surface area contributed by atoms with E-state index >= 15 is 0 Å². The van der Waals surface area contributed by atoms with Gasteiger partial charge in [-0.05, 0) is 26.0 Å². The van der Waals surface area contributed by atoms with Gasteiger partial charge >= 0.3 is 0 Å². The molecule has 18 heavy (non-hydrogen) atoms. The predicted octanol–water partition coefficient (Wildman–Crippen LogP) is 0.529. The molecule has 0 saturated heterocycles. The fourth-order valence-electron chi connectivity index (χ4n) is 1.38. The van der Waals surface area contributed by atoms with Crippen LogP contribution in [0.15, 0.2) is 23.1 Å². The third-order valence-electron chi connectivity index (χ3n) is 2.39. The number of nitrogens with two attached hydrogens (primary N) is 1. The highest BCUT2D eigenvalue weighted by Crippen LogP contribution is 2.21. The van der Waals surface area contributed by atoms with Gasteiger partial charge in [0, 0.05) is 24.2 Å². The van der Waals surface area contributed by atoms with Crippen molar-refractivity contribution in [2.75, 3.05) is 6.54 Å². The molecule has 0 bridgehead atoms. The van der Waals surface area contributed by atoms with E-state index in [1.54, 1.807) is 6.92 Å². The second-order valence-corrected chi connectivity index (χ2v) is 5.68.